The number of aryl methyl sites for hydroxylation is 1. The summed E-state index contributed by atoms with van der Waals surface area (Å²) in [5.41, 5.74) is 4.68. The lowest BCUT2D eigenvalue weighted by atomic mass is 10.1. The number of nitrogens with zero attached hydrogens (tertiary/aromatic N) is 3. The van der Waals surface area contributed by atoms with E-state index in [0.29, 0.717) is 21.7 Å². The second-order valence-electron chi connectivity index (χ2n) is 7.56. The van der Waals surface area contributed by atoms with Gasteiger partial charge in [-0.2, -0.15) is 5.26 Å². The first-order valence-electron chi connectivity index (χ1n) is 11.3. The Labute approximate surface area is 207 Å². The van der Waals surface area contributed by atoms with E-state index in [1.807, 2.05) is 98.3 Å². The predicted molar refractivity (Wildman–Crippen MR) is 143 cm³/mol. The highest BCUT2D eigenvalue weighted by Gasteiger charge is 2.17. The molecule has 1 unspecified atom stereocenters. The minimum absolute atomic E-state index is 0.612. The second-order valence-corrected chi connectivity index (χ2v) is 8.74. The van der Waals surface area contributed by atoms with Gasteiger partial charge >= 0.3 is 0 Å². The lowest BCUT2D eigenvalue weighted by Crippen LogP contribution is -2.05. The second kappa shape index (κ2) is 10.4. The van der Waals surface area contributed by atoms with Crippen molar-refractivity contribution in [1.82, 2.24) is 9.55 Å². The zero-order chi connectivity index (χ0) is 24.9. The third kappa shape index (κ3) is 4.48. The first-order valence-corrected chi connectivity index (χ1v) is 12.4. The van der Waals surface area contributed by atoms with Crippen LogP contribution in [0.15, 0.2) is 83.9 Å². The van der Waals surface area contributed by atoms with Crippen LogP contribution in [0.2, 0.25) is 0 Å². The van der Waals surface area contributed by atoms with Crippen LogP contribution >= 0.6 is 0 Å². The molecular formula is C28H26N4O2S. The Balaban J connectivity index is 0.00000141. The molecule has 0 aliphatic heterocycles. The molecule has 0 aliphatic carbocycles. The number of fused-ring (bicyclic) bond motifs is 2. The molecule has 0 spiro atoms. The van der Waals surface area contributed by atoms with Crippen LogP contribution in [-0.4, -0.2) is 20.9 Å². The molecule has 2 aromatic heterocycles. The molecule has 1 atom stereocenters. The van der Waals surface area contributed by atoms with Gasteiger partial charge in [0.2, 0.25) is 0 Å². The van der Waals surface area contributed by atoms with Gasteiger partial charge in [-0.1, -0.05) is 44.2 Å². The standard InChI is InChI=1S/C26H20N4O2S.C2H6/c1-30-23-15-20(32-2)12-13-21(23)22(16-27)26(30)18-8-10-19(11-9-18)29-33(31)24-7-3-5-17-6-4-14-28-25(17)24;1-2/h3-15,29H,1-2H3;1-2H3. The monoisotopic (exact) mass is 482 g/mol. The van der Waals surface area contributed by atoms with Crippen LogP contribution in [-0.2, 0) is 18.0 Å². The van der Waals surface area contributed by atoms with Crippen LogP contribution in [0.25, 0.3) is 33.1 Å². The fourth-order valence-electron chi connectivity index (χ4n) is 4.08. The smallest absolute Gasteiger partial charge is 0.152 e. The van der Waals surface area contributed by atoms with Crippen molar-refractivity contribution in [3.63, 3.8) is 0 Å². The number of nitrogens with one attached hydrogen (secondary N) is 1. The Kier molecular flexibility index (Phi) is 7.14. The third-order valence-corrected chi connectivity index (χ3v) is 6.83. The van der Waals surface area contributed by atoms with Gasteiger partial charge in [-0.05, 0) is 42.0 Å². The minimum Gasteiger partial charge on any atom is -0.497 e. The number of ether oxygens (including phenoxy) is 1. The molecule has 7 heteroatoms. The number of anilines is 1. The fraction of sp³-hybridized carbons (Fsp3) is 0.143. The van der Waals surface area contributed by atoms with Crippen molar-refractivity contribution >= 4 is 38.5 Å². The molecule has 3 aromatic carbocycles. The zero-order valence-electron chi connectivity index (χ0n) is 20.1. The number of methoxy groups -OCH3 is 1. The van der Waals surface area contributed by atoms with E-state index in [1.54, 1.807) is 13.3 Å². The minimum atomic E-state index is -1.47. The largest absolute Gasteiger partial charge is 0.497 e. The molecule has 0 bridgehead atoms. The summed E-state index contributed by atoms with van der Waals surface area (Å²) in [6.45, 7) is 4.00. The van der Waals surface area contributed by atoms with Crippen molar-refractivity contribution in [3.8, 4) is 23.1 Å². The zero-order valence-corrected chi connectivity index (χ0v) is 20.9. The van der Waals surface area contributed by atoms with Gasteiger partial charge in [0.1, 0.15) is 11.8 Å². The van der Waals surface area contributed by atoms with Crippen LogP contribution < -0.4 is 9.46 Å². The van der Waals surface area contributed by atoms with Gasteiger partial charge in [-0.15, -0.1) is 0 Å². The fourth-order valence-corrected chi connectivity index (χ4v) is 5.09. The molecule has 1 N–H and O–H groups in total. The van der Waals surface area contributed by atoms with Gasteiger partial charge in [0.25, 0.3) is 0 Å². The van der Waals surface area contributed by atoms with E-state index in [1.165, 1.54) is 0 Å². The van der Waals surface area contributed by atoms with E-state index in [-0.39, 0.29) is 0 Å². The summed E-state index contributed by atoms with van der Waals surface area (Å²) >= 11 is 0. The average Bonchev–Trinajstić information content (AvgIpc) is 3.20. The Morgan fingerprint density at radius 3 is 2.49 bits per heavy atom. The molecule has 176 valence electrons. The lowest BCUT2D eigenvalue weighted by molar-refractivity contribution is 0.415. The van der Waals surface area contributed by atoms with Crippen LogP contribution in [0.5, 0.6) is 5.75 Å². The summed E-state index contributed by atoms with van der Waals surface area (Å²) < 4.78 is 23.4. The van der Waals surface area contributed by atoms with Crippen molar-refractivity contribution in [2.24, 2.45) is 7.05 Å². The first kappa shape index (κ1) is 24.0. The Morgan fingerprint density at radius 2 is 1.77 bits per heavy atom. The van der Waals surface area contributed by atoms with Crippen LogP contribution in [0, 0.1) is 11.3 Å². The number of rotatable bonds is 5. The predicted octanol–water partition coefficient (Wildman–Crippen LogP) is 6.43. The first-order chi connectivity index (χ1) is 17.1. The summed E-state index contributed by atoms with van der Waals surface area (Å²) in [7, 11) is 2.09. The van der Waals surface area contributed by atoms with Crippen LogP contribution in [0.4, 0.5) is 5.69 Å². The highest BCUT2D eigenvalue weighted by atomic mass is 32.2. The van der Waals surface area contributed by atoms with E-state index in [9.17, 15) is 9.47 Å². The van der Waals surface area contributed by atoms with Crippen molar-refractivity contribution in [1.29, 1.82) is 5.26 Å². The maximum absolute atomic E-state index is 13.0. The van der Waals surface area contributed by atoms with Gasteiger partial charge in [0, 0.05) is 35.8 Å². The maximum Gasteiger partial charge on any atom is 0.152 e. The van der Waals surface area contributed by atoms with E-state index >= 15 is 0 Å². The van der Waals surface area contributed by atoms with Gasteiger partial charge in [-0.3, -0.25) is 4.98 Å². The molecule has 0 radical (unpaired) electrons. The van der Waals surface area contributed by atoms with E-state index in [2.05, 4.69) is 15.8 Å². The number of hydrogen-bond acceptors (Lipinski definition) is 4. The molecule has 0 fully saturated rings. The van der Waals surface area contributed by atoms with E-state index in [4.69, 9.17) is 4.74 Å². The lowest BCUT2D eigenvalue weighted by Gasteiger charge is -2.10. The Hall–Kier alpha value is -4.15. The summed E-state index contributed by atoms with van der Waals surface area (Å²) in [5.74, 6) is 0.740. The maximum atomic E-state index is 13.0. The number of benzene rings is 3. The van der Waals surface area contributed by atoms with E-state index in [0.717, 1.165) is 33.3 Å². The molecule has 35 heavy (non-hydrogen) atoms. The van der Waals surface area contributed by atoms with Crippen molar-refractivity contribution in [3.05, 3.63) is 84.6 Å². The van der Waals surface area contributed by atoms with Gasteiger partial charge < -0.3 is 14.0 Å². The average molecular weight is 483 g/mol. The van der Waals surface area contributed by atoms with Gasteiger partial charge in [0.15, 0.2) is 11.0 Å². The molecule has 5 aromatic rings. The molecule has 0 amide bonds. The van der Waals surface area contributed by atoms with Gasteiger partial charge in [0.05, 0.1) is 34.3 Å². The highest BCUT2D eigenvalue weighted by Crippen LogP contribution is 2.35. The molecule has 5 rings (SSSR count). The SMILES string of the molecule is CC.COc1ccc2c(C#N)c(-c3ccc(NS(=O)c4cccc5cccnc45)cc3)n(C)c2c1. The molecular weight excluding hydrogens is 456 g/mol. The number of para-hydroxylation sites is 1. The normalized spacial score (nSPS) is 11.4. The van der Waals surface area contributed by atoms with Crippen molar-refractivity contribution < 1.29 is 8.95 Å². The topological polar surface area (TPSA) is 79.9 Å². The summed E-state index contributed by atoms with van der Waals surface area (Å²) in [5, 5.41) is 11.7. The summed E-state index contributed by atoms with van der Waals surface area (Å²) in [6.07, 6.45) is 1.70. The Bertz CT molecular complexity index is 1560. The van der Waals surface area contributed by atoms with Crippen LogP contribution in [0.1, 0.15) is 19.4 Å². The third-order valence-electron chi connectivity index (χ3n) is 5.68. The molecule has 0 aliphatic rings. The summed E-state index contributed by atoms with van der Waals surface area (Å²) in [4.78, 5) is 5.02. The number of aromatic nitrogens is 2. The van der Waals surface area contributed by atoms with E-state index < -0.39 is 11.0 Å². The molecule has 6 nitrogen and oxygen atoms in total. The molecule has 0 saturated heterocycles. The van der Waals surface area contributed by atoms with Crippen molar-refractivity contribution in [2.75, 3.05) is 11.8 Å². The molecule has 0 saturated carbocycles. The molecule has 2 heterocycles. The quantitative estimate of drug-likeness (QED) is 0.313. The number of nitriles is 1. The highest BCUT2D eigenvalue weighted by molar-refractivity contribution is 7.86. The Morgan fingerprint density at radius 1 is 1.03 bits per heavy atom. The number of pyridine rings is 1. The number of hydrogen-bond donors (Lipinski definition) is 1. The van der Waals surface area contributed by atoms with Crippen molar-refractivity contribution in [2.45, 2.75) is 18.7 Å². The van der Waals surface area contributed by atoms with Crippen LogP contribution in [0.3, 0.4) is 0 Å². The summed E-state index contributed by atoms with van der Waals surface area (Å²) in [6, 6.07) is 25.1. The van der Waals surface area contributed by atoms with Gasteiger partial charge in [-0.25, -0.2) is 4.21 Å².